The summed E-state index contributed by atoms with van der Waals surface area (Å²) in [5, 5.41) is 9.22. The van der Waals surface area contributed by atoms with E-state index in [1.54, 1.807) is 7.05 Å². The largest absolute Gasteiger partial charge is 0.414 e. The van der Waals surface area contributed by atoms with Crippen LogP contribution in [0.5, 0.6) is 0 Å². The third kappa shape index (κ3) is 2.54. The van der Waals surface area contributed by atoms with Gasteiger partial charge in [-0.3, -0.25) is 13.9 Å². The van der Waals surface area contributed by atoms with E-state index in [2.05, 4.69) is 4.98 Å². The molecule has 24 heavy (non-hydrogen) atoms. The highest BCUT2D eigenvalue weighted by atomic mass is 19.4. The Morgan fingerprint density at radius 2 is 1.96 bits per heavy atom. The highest BCUT2D eigenvalue weighted by Gasteiger charge is 2.48. The molecule has 2 aromatic rings. The molecular weight excluding hydrogens is 329 g/mol. The molecule has 1 aliphatic rings. The molecule has 0 saturated heterocycles. The highest BCUT2D eigenvalue weighted by molar-refractivity contribution is 5.69. The van der Waals surface area contributed by atoms with Crippen molar-refractivity contribution in [3.05, 3.63) is 27.2 Å². The number of hydrogen-bond donors (Lipinski definition) is 1. The molecule has 1 atom stereocenters. The van der Waals surface area contributed by atoms with Crippen molar-refractivity contribution in [3.8, 4) is 0 Å². The van der Waals surface area contributed by atoms with Gasteiger partial charge in [0.25, 0.3) is 5.56 Å². The van der Waals surface area contributed by atoms with Crippen LogP contribution in [0, 0.1) is 11.8 Å². The van der Waals surface area contributed by atoms with Crippen molar-refractivity contribution in [2.45, 2.75) is 31.7 Å². The summed E-state index contributed by atoms with van der Waals surface area (Å²) in [5.41, 5.74) is -0.523. The number of aliphatic hydroxyl groups excluding tert-OH is 1. The predicted octanol–water partition coefficient (Wildman–Crippen LogP) is 0.383. The molecule has 1 N–H and O–H groups in total. The van der Waals surface area contributed by atoms with Gasteiger partial charge in [-0.15, -0.1) is 0 Å². The van der Waals surface area contributed by atoms with Gasteiger partial charge in [0.15, 0.2) is 17.3 Å². The number of aryl methyl sites for hydroxylation is 2. The van der Waals surface area contributed by atoms with E-state index in [0.29, 0.717) is 0 Å². The van der Waals surface area contributed by atoms with E-state index in [0.717, 1.165) is 4.57 Å². The molecule has 2 aromatic heterocycles. The number of imidazole rings is 1. The highest BCUT2D eigenvalue weighted by Crippen LogP contribution is 2.41. The number of aliphatic hydroxyl groups is 1. The second-order valence-electron chi connectivity index (χ2n) is 6.37. The van der Waals surface area contributed by atoms with Crippen LogP contribution in [0.2, 0.25) is 0 Å². The van der Waals surface area contributed by atoms with E-state index in [9.17, 15) is 27.9 Å². The molecule has 0 spiro atoms. The van der Waals surface area contributed by atoms with Crippen molar-refractivity contribution in [1.82, 2.24) is 18.7 Å². The summed E-state index contributed by atoms with van der Waals surface area (Å²) in [7, 11) is 3.12. The maximum Gasteiger partial charge on any atom is 0.414 e. The predicted molar refractivity (Wildman–Crippen MR) is 78.5 cm³/mol. The quantitative estimate of drug-likeness (QED) is 0.871. The number of fused-ring (bicyclic) bond motifs is 1. The molecule has 0 unspecified atom stereocenters. The van der Waals surface area contributed by atoms with Crippen LogP contribution in [0.3, 0.4) is 0 Å². The summed E-state index contributed by atoms with van der Waals surface area (Å²) in [6.07, 6.45) is -5.32. The average molecular weight is 346 g/mol. The van der Waals surface area contributed by atoms with E-state index in [-0.39, 0.29) is 36.5 Å². The van der Waals surface area contributed by atoms with Gasteiger partial charge in [0, 0.05) is 20.6 Å². The standard InChI is InChI=1S/C14H17F3N4O3/c1-19-6-18-11-9(19)12(23)21(13(24)20(11)2)5-7-3-8(4-7)10(22)14(15,16)17/h6-8,10,22H,3-5H2,1-2H3/t7?,8?,10-/m0/s1. The van der Waals surface area contributed by atoms with E-state index in [1.165, 1.54) is 22.5 Å². The van der Waals surface area contributed by atoms with Crippen LogP contribution in [0.25, 0.3) is 11.2 Å². The summed E-state index contributed by atoms with van der Waals surface area (Å²) in [6, 6.07) is 0. The van der Waals surface area contributed by atoms with E-state index >= 15 is 0 Å². The third-order valence-corrected chi connectivity index (χ3v) is 4.70. The van der Waals surface area contributed by atoms with Gasteiger partial charge < -0.3 is 9.67 Å². The summed E-state index contributed by atoms with van der Waals surface area (Å²) in [4.78, 5) is 28.8. The lowest BCUT2D eigenvalue weighted by atomic mass is 9.72. The van der Waals surface area contributed by atoms with Gasteiger partial charge in [-0.05, 0) is 24.7 Å². The average Bonchev–Trinajstić information content (AvgIpc) is 2.83. The first-order valence-corrected chi connectivity index (χ1v) is 7.47. The van der Waals surface area contributed by atoms with Crippen LogP contribution in [0.4, 0.5) is 13.2 Å². The SMILES string of the molecule is Cn1cnc2c1c(=O)n(CC1CC([C@H](O)C(F)(F)F)C1)c(=O)n2C. The first-order valence-electron chi connectivity index (χ1n) is 7.47. The molecule has 1 fully saturated rings. The van der Waals surface area contributed by atoms with Crippen LogP contribution in [-0.2, 0) is 20.6 Å². The van der Waals surface area contributed by atoms with Crippen molar-refractivity contribution in [1.29, 1.82) is 0 Å². The number of aromatic nitrogens is 4. The fourth-order valence-electron chi connectivity index (χ4n) is 3.28. The summed E-state index contributed by atoms with van der Waals surface area (Å²) >= 11 is 0. The third-order valence-electron chi connectivity index (χ3n) is 4.70. The van der Waals surface area contributed by atoms with Crippen molar-refractivity contribution in [2.24, 2.45) is 25.9 Å². The summed E-state index contributed by atoms with van der Waals surface area (Å²) in [5.74, 6) is -1.13. The topological polar surface area (TPSA) is 82.1 Å². The van der Waals surface area contributed by atoms with Gasteiger partial charge in [-0.25, -0.2) is 9.78 Å². The maximum atomic E-state index is 12.5. The number of halogens is 3. The van der Waals surface area contributed by atoms with Gasteiger partial charge in [0.1, 0.15) is 0 Å². The Morgan fingerprint density at radius 1 is 1.33 bits per heavy atom. The van der Waals surface area contributed by atoms with Crippen LogP contribution in [-0.4, -0.2) is 36.1 Å². The first kappa shape index (κ1) is 16.7. The van der Waals surface area contributed by atoms with Crippen LogP contribution < -0.4 is 11.2 Å². The molecule has 0 bridgehead atoms. The molecule has 0 amide bonds. The zero-order chi connectivity index (χ0) is 17.8. The van der Waals surface area contributed by atoms with Crippen LogP contribution >= 0.6 is 0 Å². The Hall–Kier alpha value is -2.10. The molecule has 7 nitrogen and oxygen atoms in total. The van der Waals surface area contributed by atoms with Crippen molar-refractivity contribution in [3.63, 3.8) is 0 Å². The normalized spacial score (nSPS) is 22.6. The number of hydrogen-bond acceptors (Lipinski definition) is 4. The lowest BCUT2D eigenvalue weighted by molar-refractivity contribution is -0.231. The number of nitrogens with zero attached hydrogens (tertiary/aromatic N) is 4. The first-order chi connectivity index (χ1) is 11.1. The molecule has 1 saturated carbocycles. The van der Waals surface area contributed by atoms with Crippen molar-refractivity contribution < 1.29 is 18.3 Å². The molecule has 132 valence electrons. The Kier molecular flexibility index (Phi) is 3.82. The minimum absolute atomic E-state index is 0.0354. The van der Waals surface area contributed by atoms with E-state index in [1.807, 2.05) is 0 Å². The Labute approximate surface area is 134 Å². The monoisotopic (exact) mass is 346 g/mol. The van der Waals surface area contributed by atoms with Gasteiger partial charge >= 0.3 is 11.9 Å². The maximum absolute atomic E-state index is 12.5. The Bertz CT molecular complexity index is 890. The fraction of sp³-hybridized carbons (Fsp3) is 0.643. The van der Waals surface area contributed by atoms with Crippen LogP contribution in [0.1, 0.15) is 12.8 Å². The van der Waals surface area contributed by atoms with Gasteiger partial charge in [-0.2, -0.15) is 13.2 Å². The molecule has 0 radical (unpaired) electrons. The molecule has 10 heteroatoms. The minimum Gasteiger partial charge on any atom is -0.383 e. The molecule has 2 heterocycles. The lowest BCUT2D eigenvalue weighted by Gasteiger charge is -2.38. The second-order valence-corrected chi connectivity index (χ2v) is 6.37. The fourth-order valence-corrected chi connectivity index (χ4v) is 3.28. The number of rotatable bonds is 3. The van der Waals surface area contributed by atoms with Gasteiger partial charge in [0.05, 0.1) is 6.33 Å². The van der Waals surface area contributed by atoms with Crippen LogP contribution in [0.15, 0.2) is 15.9 Å². The van der Waals surface area contributed by atoms with Crippen molar-refractivity contribution >= 4 is 11.2 Å². The van der Waals surface area contributed by atoms with Gasteiger partial charge in [-0.1, -0.05) is 0 Å². The molecular formula is C14H17F3N4O3. The summed E-state index contributed by atoms with van der Waals surface area (Å²) in [6.45, 7) is 0.0354. The van der Waals surface area contributed by atoms with Gasteiger partial charge in [0.2, 0.25) is 0 Å². The zero-order valence-corrected chi connectivity index (χ0v) is 13.1. The second kappa shape index (κ2) is 5.47. The Morgan fingerprint density at radius 3 is 2.54 bits per heavy atom. The molecule has 1 aliphatic carbocycles. The van der Waals surface area contributed by atoms with E-state index < -0.39 is 29.4 Å². The minimum atomic E-state index is -4.64. The lowest BCUT2D eigenvalue weighted by Crippen LogP contribution is -2.47. The Balaban J connectivity index is 1.84. The summed E-state index contributed by atoms with van der Waals surface area (Å²) < 4.78 is 41.2. The molecule has 0 aliphatic heterocycles. The number of alkyl halides is 3. The smallest absolute Gasteiger partial charge is 0.383 e. The molecule has 0 aromatic carbocycles. The zero-order valence-electron chi connectivity index (χ0n) is 13.1. The van der Waals surface area contributed by atoms with E-state index in [4.69, 9.17) is 0 Å². The van der Waals surface area contributed by atoms with Crippen molar-refractivity contribution in [2.75, 3.05) is 0 Å². The molecule has 3 rings (SSSR count).